The van der Waals surface area contributed by atoms with Gasteiger partial charge in [-0.3, -0.25) is 14.5 Å². The van der Waals surface area contributed by atoms with Crippen LogP contribution in [0.15, 0.2) is 83.9 Å². The van der Waals surface area contributed by atoms with Crippen molar-refractivity contribution in [1.29, 1.82) is 0 Å². The smallest absolute Gasteiger partial charge is 0.420 e. The largest absolute Gasteiger partial charge is 0.487 e. The molecular formula is C26H21Cl2F2N3O3S. The van der Waals surface area contributed by atoms with Crippen LogP contribution in [0.5, 0.6) is 5.75 Å². The molecular weight excluding hydrogens is 543 g/mol. The molecule has 1 fully saturated rings. The van der Waals surface area contributed by atoms with Gasteiger partial charge in [-0.05, 0) is 48.4 Å². The number of anilines is 1. The molecule has 1 saturated heterocycles. The summed E-state index contributed by atoms with van der Waals surface area (Å²) in [5, 5.41) is 2.73. The number of amides is 2. The molecule has 11 heteroatoms. The second-order valence-electron chi connectivity index (χ2n) is 8.00. The van der Waals surface area contributed by atoms with Crippen LogP contribution in [0.2, 0.25) is 5.02 Å². The van der Waals surface area contributed by atoms with Crippen LogP contribution in [0.25, 0.3) is 0 Å². The Morgan fingerprint density at radius 3 is 2.43 bits per heavy atom. The number of nitrogens with one attached hydrogen (secondary N) is 1. The van der Waals surface area contributed by atoms with Gasteiger partial charge in [0.15, 0.2) is 5.17 Å². The van der Waals surface area contributed by atoms with Gasteiger partial charge in [-0.25, -0.2) is 4.99 Å². The van der Waals surface area contributed by atoms with Gasteiger partial charge in [0.2, 0.25) is 11.8 Å². The van der Waals surface area contributed by atoms with Crippen molar-refractivity contribution in [1.82, 2.24) is 4.90 Å². The number of alkyl halides is 3. The second kappa shape index (κ2) is 11.9. The molecule has 6 nitrogen and oxygen atoms in total. The van der Waals surface area contributed by atoms with Gasteiger partial charge in [0.25, 0.3) is 0 Å². The molecule has 0 bridgehead atoms. The number of para-hydroxylation sites is 1. The quantitative estimate of drug-likeness (QED) is 0.309. The number of ether oxygens (including phenoxy) is 1. The summed E-state index contributed by atoms with van der Waals surface area (Å²) in [4.78, 5) is 32.3. The van der Waals surface area contributed by atoms with Gasteiger partial charge >= 0.3 is 5.57 Å². The molecule has 1 aliphatic heterocycles. The van der Waals surface area contributed by atoms with E-state index in [-0.39, 0.29) is 24.0 Å². The minimum absolute atomic E-state index is 0.0215. The minimum Gasteiger partial charge on any atom is -0.420 e. The summed E-state index contributed by atoms with van der Waals surface area (Å²) in [7, 11) is 0. The van der Waals surface area contributed by atoms with Gasteiger partial charge in [0.05, 0.1) is 16.4 Å². The van der Waals surface area contributed by atoms with Crippen LogP contribution in [0.1, 0.15) is 12.0 Å². The van der Waals surface area contributed by atoms with Crippen LogP contribution in [0.4, 0.5) is 20.2 Å². The fourth-order valence-corrected chi connectivity index (χ4v) is 4.95. The third-order valence-corrected chi connectivity index (χ3v) is 6.92. The number of aliphatic imine (C=N–C) groups is 1. The van der Waals surface area contributed by atoms with E-state index in [1.165, 1.54) is 29.2 Å². The molecule has 3 aromatic carbocycles. The summed E-state index contributed by atoms with van der Waals surface area (Å²) < 4.78 is 30.2. The van der Waals surface area contributed by atoms with E-state index in [0.717, 1.165) is 17.3 Å². The zero-order chi connectivity index (χ0) is 26.4. The third kappa shape index (κ3) is 7.67. The summed E-state index contributed by atoms with van der Waals surface area (Å²) in [6.07, 6.45) is 0.562. The summed E-state index contributed by atoms with van der Waals surface area (Å²) >= 11 is 12.1. The predicted octanol–water partition coefficient (Wildman–Crippen LogP) is 6.71. The highest BCUT2D eigenvalue weighted by Gasteiger charge is 2.36. The molecule has 3 aromatic rings. The fourth-order valence-electron chi connectivity index (χ4n) is 3.56. The molecule has 0 aromatic heterocycles. The Hall–Kier alpha value is -3.14. The normalized spacial score (nSPS) is 17.1. The summed E-state index contributed by atoms with van der Waals surface area (Å²) in [6, 6.07) is 22.0. The first kappa shape index (κ1) is 26.9. The molecule has 4 rings (SSSR count). The Kier molecular flexibility index (Phi) is 8.68. The maximum atomic E-state index is 13.2. The number of benzene rings is 3. The number of hydrogen-bond donors (Lipinski definition) is 1. The topological polar surface area (TPSA) is 71.0 Å². The van der Waals surface area contributed by atoms with Crippen LogP contribution in [0, 0.1) is 0 Å². The Bertz CT molecular complexity index is 1290. The van der Waals surface area contributed by atoms with Crippen LogP contribution >= 0.6 is 35.0 Å². The molecule has 1 N–H and O–H groups in total. The van der Waals surface area contributed by atoms with Crippen LogP contribution < -0.4 is 10.1 Å². The lowest BCUT2D eigenvalue weighted by molar-refractivity contribution is -0.129. The van der Waals surface area contributed by atoms with Crippen molar-refractivity contribution in [3.8, 4) is 5.75 Å². The van der Waals surface area contributed by atoms with Crippen molar-refractivity contribution in [2.75, 3.05) is 11.9 Å². The van der Waals surface area contributed by atoms with Crippen LogP contribution in [0.3, 0.4) is 0 Å². The van der Waals surface area contributed by atoms with Crippen LogP contribution in [-0.2, 0) is 16.0 Å². The van der Waals surface area contributed by atoms with E-state index >= 15 is 0 Å². The van der Waals surface area contributed by atoms with Crippen molar-refractivity contribution in [3.63, 3.8) is 0 Å². The summed E-state index contributed by atoms with van der Waals surface area (Å²) in [5.74, 6) is -0.779. The Morgan fingerprint density at radius 1 is 1.08 bits per heavy atom. The maximum absolute atomic E-state index is 13.2. The summed E-state index contributed by atoms with van der Waals surface area (Å²) in [6.45, 7) is 0.354. The standard InChI is InChI=1S/C26H21Cl2F2N3O3S/c27-20-8-4-5-9-21(20)32-24(35)22-16-23(34)33(15-14-17-6-2-1-3-7-17)25(37-22)31-18-10-12-19(13-11-18)36-26(28,29)30/h1-13,22H,14-16H2,(H,32,35)/t22-/m1/s1. The van der Waals surface area contributed by atoms with Crippen molar-refractivity contribution in [3.05, 3.63) is 89.4 Å². The number of carbonyl (C=O) groups excluding carboxylic acids is 2. The fraction of sp³-hybridized carbons (Fsp3) is 0.192. The monoisotopic (exact) mass is 563 g/mol. The highest BCUT2D eigenvalue weighted by Crippen LogP contribution is 2.32. The molecule has 0 unspecified atom stereocenters. The maximum Gasteiger partial charge on any atom is 0.487 e. The Balaban J connectivity index is 1.56. The van der Waals surface area contributed by atoms with Crippen LogP contribution in [-0.4, -0.2) is 39.2 Å². The van der Waals surface area contributed by atoms with Gasteiger partial charge in [-0.1, -0.05) is 65.8 Å². The third-order valence-electron chi connectivity index (χ3n) is 5.33. The van der Waals surface area contributed by atoms with Crippen molar-refractivity contribution in [2.45, 2.75) is 23.7 Å². The van der Waals surface area contributed by atoms with E-state index in [9.17, 15) is 18.4 Å². The molecule has 0 saturated carbocycles. The van der Waals surface area contributed by atoms with Crippen molar-refractivity contribution < 1.29 is 23.1 Å². The molecule has 1 atom stereocenters. The Morgan fingerprint density at radius 2 is 1.76 bits per heavy atom. The Labute approximate surface area is 226 Å². The number of thioether (sulfide) groups is 1. The average molecular weight is 564 g/mol. The summed E-state index contributed by atoms with van der Waals surface area (Å²) in [5.41, 5.74) is -1.96. The first-order chi connectivity index (χ1) is 17.7. The van der Waals surface area contributed by atoms with Gasteiger partial charge in [-0.15, -0.1) is 8.78 Å². The molecule has 37 heavy (non-hydrogen) atoms. The zero-order valence-corrected chi connectivity index (χ0v) is 21.6. The first-order valence-corrected chi connectivity index (χ1v) is 12.8. The molecule has 0 aliphatic carbocycles. The van der Waals surface area contributed by atoms with Gasteiger partial charge in [-0.2, -0.15) is 0 Å². The molecule has 1 heterocycles. The number of hydrogen-bond acceptors (Lipinski definition) is 5. The second-order valence-corrected chi connectivity index (χ2v) is 10.0. The van der Waals surface area contributed by atoms with E-state index in [1.807, 2.05) is 30.3 Å². The number of nitrogens with zero attached hydrogens (tertiary/aromatic N) is 2. The molecule has 1 aliphatic rings. The predicted molar refractivity (Wildman–Crippen MR) is 143 cm³/mol. The molecule has 192 valence electrons. The lowest BCUT2D eigenvalue weighted by atomic mass is 10.1. The molecule has 0 spiro atoms. The molecule has 2 amide bonds. The van der Waals surface area contributed by atoms with E-state index in [4.69, 9.17) is 23.2 Å². The van der Waals surface area contributed by atoms with Crippen molar-refractivity contribution in [2.24, 2.45) is 4.99 Å². The van der Waals surface area contributed by atoms with Crippen molar-refractivity contribution >= 4 is 63.3 Å². The number of rotatable bonds is 8. The lowest BCUT2D eigenvalue weighted by Crippen LogP contribution is -2.46. The number of carbonyl (C=O) groups is 2. The SMILES string of the molecule is O=C(Nc1ccccc1Cl)[C@H]1CC(=O)N(CCc2ccccc2)C(=Nc2ccc(OC(F)(F)Cl)cc2)S1. The number of halogens is 4. The molecule has 0 radical (unpaired) electrons. The van der Waals surface area contributed by atoms with E-state index < -0.39 is 10.8 Å². The highest BCUT2D eigenvalue weighted by atomic mass is 35.5. The van der Waals surface area contributed by atoms with Gasteiger partial charge in [0.1, 0.15) is 11.0 Å². The lowest BCUT2D eigenvalue weighted by Gasteiger charge is -2.32. The average Bonchev–Trinajstić information content (AvgIpc) is 2.85. The first-order valence-electron chi connectivity index (χ1n) is 11.2. The number of amidine groups is 1. The van der Waals surface area contributed by atoms with E-state index in [2.05, 4.69) is 15.0 Å². The van der Waals surface area contributed by atoms with E-state index in [0.29, 0.717) is 34.5 Å². The highest BCUT2D eigenvalue weighted by molar-refractivity contribution is 8.15. The zero-order valence-electron chi connectivity index (χ0n) is 19.2. The van der Waals surface area contributed by atoms with Gasteiger partial charge < -0.3 is 10.1 Å². The van der Waals surface area contributed by atoms with E-state index in [1.54, 1.807) is 24.3 Å². The minimum atomic E-state index is -3.84. The van der Waals surface area contributed by atoms with Gasteiger partial charge in [0, 0.05) is 24.6 Å².